The van der Waals surface area contributed by atoms with Crippen molar-refractivity contribution >= 4 is 0 Å². The second-order valence-electron chi connectivity index (χ2n) is 3.94. The summed E-state index contributed by atoms with van der Waals surface area (Å²) in [4.78, 5) is 0. The van der Waals surface area contributed by atoms with Crippen LogP contribution in [0.3, 0.4) is 0 Å². The Hall–Kier alpha value is -2.09. The highest BCUT2D eigenvalue weighted by molar-refractivity contribution is 5.32. The Labute approximate surface area is 105 Å². The molecule has 2 rings (SSSR count). The first-order chi connectivity index (χ1) is 8.81. The largest absolute Gasteiger partial charge is 0.462 e. The average molecular weight is 242 g/mol. The minimum absolute atomic E-state index is 0.0792. The zero-order chi connectivity index (χ0) is 12.8. The lowest BCUT2D eigenvalue weighted by Gasteiger charge is -2.03. The topological polar surface area (TPSA) is 69.2 Å². The predicted molar refractivity (Wildman–Crippen MR) is 66.3 cm³/mol. The normalized spacial score (nSPS) is 10.2. The second-order valence-corrected chi connectivity index (χ2v) is 3.94. The van der Waals surface area contributed by atoms with Gasteiger partial charge in [-0.15, -0.1) is 0 Å². The number of nitrogens with zero attached hydrogens (tertiary/aromatic N) is 1. The summed E-state index contributed by atoms with van der Waals surface area (Å²) in [6, 6.07) is 13.2. The third-order valence-corrected chi connectivity index (χ3v) is 2.56. The first-order valence-corrected chi connectivity index (χ1v) is 5.70. The summed E-state index contributed by atoms with van der Waals surface area (Å²) in [5.41, 5.74) is 1.72. The van der Waals surface area contributed by atoms with Crippen molar-refractivity contribution in [1.82, 2.24) is 5.32 Å². The van der Waals surface area contributed by atoms with Crippen molar-refractivity contribution < 1.29 is 9.52 Å². The summed E-state index contributed by atoms with van der Waals surface area (Å²) in [7, 11) is 0. The molecule has 0 fully saturated rings. The van der Waals surface area contributed by atoms with E-state index in [9.17, 15) is 0 Å². The number of rotatable bonds is 5. The molecule has 0 saturated heterocycles. The molecule has 0 bridgehead atoms. The van der Waals surface area contributed by atoms with E-state index in [1.54, 1.807) is 12.1 Å². The van der Waals surface area contributed by atoms with E-state index < -0.39 is 0 Å². The predicted octanol–water partition coefficient (Wildman–Crippen LogP) is 1.93. The molecule has 1 aromatic heterocycles. The molecule has 0 aliphatic heterocycles. The van der Waals surface area contributed by atoms with Gasteiger partial charge in [0.25, 0.3) is 0 Å². The molecule has 1 aromatic carbocycles. The molecule has 0 radical (unpaired) electrons. The summed E-state index contributed by atoms with van der Waals surface area (Å²) in [6.45, 7) is 1.19. The number of aliphatic hydroxyl groups excluding tert-OH is 1. The van der Waals surface area contributed by atoms with Crippen molar-refractivity contribution in [3.63, 3.8) is 0 Å². The molecule has 18 heavy (non-hydrogen) atoms. The number of aliphatic hydroxyl groups is 1. The maximum Gasteiger partial charge on any atom is 0.129 e. The minimum Gasteiger partial charge on any atom is -0.462 e. The number of hydrogen-bond acceptors (Lipinski definition) is 4. The van der Waals surface area contributed by atoms with Crippen molar-refractivity contribution in [3.8, 4) is 6.07 Å². The number of nitriles is 1. The molecule has 0 saturated carbocycles. The smallest absolute Gasteiger partial charge is 0.129 e. The molecule has 2 aromatic rings. The SMILES string of the molecule is N#Cc1cccc(CNCc2ccc(CO)o2)c1. The number of nitrogens with one attached hydrogen (secondary N) is 1. The molecule has 0 unspecified atom stereocenters. The molecule has 0 aliphatic rings. The van der Waals surface area contributed by atoms with Gasteiger partial charge in [-0.3, -0.25) is 0 Å². The van der Waals surface area contributed by atoms with Crippen LogP contribution in [0.5, 0.6) is 0 Å². The van der Waals surface area contributed by atoms with E-state index in [4.69, 9.17) is 14.8 Å². The number of furan rings is 1. The molecular formula is C14H14N2O2. The fourth-order valence-electron chi connectivity index (χ4n) is 1.68. The van der Waals surface area contributed by atoms with Gasteiger partial charge >= 0.3 is 0 Å². The van der Waals surface area contributed by atoms with E-state index in [-0.39, 0.29) is 6.61 Å². The van der Waals surface area contributed by atoms with Crippen molar-refractivity contribution in [2.45, 2.75) is 19.7 Å². The zero-order valence-corrected chi connectivity index (χ0v) is 9.89. The van der Waals surface area contributed by atoms with E-state index in [1.165, 1.54) is 0 Å². The van der Waals surface area contributed by atoms with Gasteiger partial charge in [0.15, 0.2) is 0 Å². The summed E-state index contributed by atoms with van der Waals surface area (Å²) in [6.07, 6.45) is 0. The van der Waals surface area contributed by atoms with Crippen molar-refractivity contribution in [2.75, 3.05) is 0 Å². The molecule has 92 valence electrons. The first-order valence-electron chi connectivity index (χ1n) is 5.70. The fraction of sp³-hybridized carbons (Fsp3) is 0.214. The first kappa shape index (κ1) is 12.4. The van der Waals surface area contributed by atoms with Crippen molar-refractivity contribution in [3.05, 3.63) is 59.0 Å². The van der Waals surface area contributed by atoms with Gasteiger partial charge in [-0.25, -0.2) is 0 Å². The van der Waals surface area contributed by atoms with Gasteiger partial charge < -0.3 is 14.8 Å². The third-order valence-electron chi connectivity index (χ3n) is 2.56. The second kappa shape index (κ2) is 6.01. The lowest BCUT2D eigenvalue weighted by atomic mass is 10.1. The molecule has 2 N–H and O–H groups in total. The van der Waals surface area contributed by atoms with Gasteiger partial charge in [0, 0.05) is 6.54 Å². The van der Waals surface area contributed by atoms with Crippen LogP contribution in [0, 0.1) is 11.3 Å². The monoisotopic (exact) mass is 242 g/mol. The van der Waals surface area contributed by atoms with Crippen LogP contribution in [0.25, 0.3) is 0 Å². The Balaban J connectivity index is 1.86. The Kier molecular flexibility index (Phi) is 4.13. The van der Waals surface area contributed by atoms with Crippen LogP contribution in [0.2, 0.25) is 0 Å². The molecular weight excluding hydrogens is 228 g/mol. The molecule has 1 heterocycles. The van der Waals surface area contributed by atoms with Crippen molar-refractivity contribution in [1.29, 1.82) is 5.26 Å². The molecule has 4 heteroatoms. The highest BCUT2D eigenvalue weighted by Gasteiger charge is 2.01. The lowest BCUT2D eigenvalue weighted by Crippen LogP contribution is -2.12. The minimum atomic E-state index is -0.0792. The van der Waals surface area contributed by atoms with E-state index in [0.717, 1.165) is 11.3 Å². The van der Waals surface area contributed by atoms with E-state index in [1.807, 2.05) is 24.3 Å². The lowest BCUT2D eigenvalue weighted by molar-refractivity contribution is 0.242. The molecule has 0 atom stereocenters. The zero-order valence-electron chi connectivity index (χ0n) is 9.89. The van der Waals surface area contributed by atoms with E-state index >= 15 is 0 Å². The summed E-state index contributed by atoms with van der Waals surface area (Å²) in [5, 5.41) is 20.9. The Bertz CT molecular complexity index is 555. The summed E-state index contributed by atoms with van der Waals surface area (Å²) < 4.78 is 5.35. The average Bonchev–Trinajstić information content (AvgIpc) is 2.87. The van der Waals surface area contributed by atoms with Crippen LogP contribution in [0.1, 0.15) is 22.6 Å². The van der Waals surface area contributed by atoms with Crippen LogP contribution in [0.15, 0.2) is 40.8 Å². The van der Waals surface area contributed by atoms with Crippen LogP contribution in [-0.4, -0.2) is 5.11 Å². The Morgan fingerprint density at radius 2 is 2.00 bits per heavy atom. The maximum absolute atomic E-state index is 8.87. The summed E-state index contributed by atoms with van der Waals surface area (Å²) in [5.74, 6) is 1.36. The third kappa shape index (κ3) is 3.20. The number of benzene rings is 1. The highest BCUT2D eigenvalue weighted by atomic mass is 16.4. The standard InChI is InChI=1S/C14H14N2O2/c15-7-11-2-1-3-12(6-11)8-16-9-13-4-5-14(10-17)18-13/h1-6,16-17H,8-10H2. The van der Waals surface area contributed by atoms with Gasteiger partial charge in [-0.2, -0.15) is 5.26 Å². The van der Waals surface area contributed by atoms with E-state index in [0.29, 0.717) is 24.4 Å². The maximum atomic E-state index is 8.87. The van der Waals surface area contributed by atoms with Gasteiger partial charge in [-0.1, -0.05) is 12.1 Å². The van der Waals surface area contributed by atoms with Gasteiger partial charge in [0.1, 0.15) is 18.1 Å². The molecule has 0 amide bonds. The van der Waals surface area contributed by atoms with Crippen LogP contribution < -0.4 is 5.32 Å². The Morgan fingerprint density at radius 1 is 1.17 bits per heavy atom. The van der Waals surface area contributed by atoms with Gasteiger partial charge in [0.05, 0.1) is 18.2 Å². The molecule has 0 spiro atoms. The van der Waals surface area contributed by atoms with Gasteiger partial charge in [0.2, 0.25) is 0 Å². The van der Waals surface area contributed by atoms with Crippen LogP contribution in [-0.2, 0) is 19.7 Å². The molecule has 0 aliphatic carbocycles. The van der Waals surface area contributed by atoms with Crippen LogP contribution >= 0.6 is 0 Å². The fourth-order valence-corrected chi connectivity index (χ4v) is 1.68. The highest BCUT2D eigenvalue weighted by Crippen LogP contribution is 2.08. The quantitative estimate of drug-likeness (QED) is 0.840. The van der Waals surface area contributed by atoms with Crippen LogP contribution in [0.4, 0.5) is 0 Å². The van der Waals surface area contributed by atoms with E-state index in [2.05, 4.69) is 11.4 Å². The Morgan fingerprint density at radius 3 is 2.72 bits per heavy atom. The van der Waals surface area contributed by atoms with Gasteiger partial charge in [-0.05, 0) is 29.8 Å². The molecule has 4 nitrogen and oxygen atoms in total. The number of hydrogen-bond donors (Lipinski definition) is 2. The summed E-state index contributed by atoms with van der Waals surface area (Å²) >= 11 is 0. The van der Waals surface area contributed by atoms with Crippen molar-refractivity contribution in [2.24, 2.45) is 0 Å².